The van der Waals surface area contributed by atoms with Crippen molar-refractivity contribution in [3.05, 3.63) is 23.9 Å². The molecule has 1 unspecified atom stereocenters. The lowest BCUT2D eigenvalue weighted by atomic mass is 9.95. The third kappa shape index (κ3) is 5.35. The second kappa shape index (κ2) is 9.27. The summed E-state index contributed by atoms with van der Waals surface area (Å²) in [5.74, 6) is 1.20. The van der Waals surface area contributed by atoms with E-state index < -0.39 is 0 Å². The van der Waals surface area contributed by atoms with Crippen LogP contribution in [0.4, 0.5) is 5.82 Å². The van der Waals surface area contributed by atoms with Gasteiger partial charge in [-0.05, 0) is 49.4 Å². The summed E-state index contributed by atoms with van der Waals surface area (Å²) in [5.41, 5.74) is 6.50. The summed E-state index contributed by atoms with van der Waals surface area (Å²) in [7, 11) is 0. The fraction of sp³-hybridized carbons (Fsp3) is 0.556. The number of carbonyl (C=O) groups excluding carboxylic acids is 1. The van der Waals surface area contributed by atoms with Crippen LogP contribution in [0.25, 0.3) is 0 Å². The molecule has 136 valence electrons. The number of anilines is 1. The molecule has 5 N–H and O–H groups in total. The van der Waals surface area contributed by atoms with Crippen LogP contribution in [0.3, 0.4) is 0 Å². The van der Waals surface area contributed by atoms with Crippen LogP contribution in [-0.2, 0) is 11.2 Å². The van der Waals surface area contributed by atoms with E-state index in [-0.39, 0.29) is 17.9 Å². The number of aliphatic imine (C=N–C) groups is 1. The van der Waals surface area contributed by atoms with Gasteiger partial charge in [0.25, 0.3) is 5.84 Å². The van der Waals surface area contributed by atoms with E-state index in [2.05, 4.69) is 27.1 Å². The lowest BCUT2D eigenvalue weighted by Gasteiger charge is -2.34. The van der Waals surface area contributed by atoms with Crippen LogP contribution in [0.1, 0.15) is 38.7 Å². The number of hydrogen-bond acceptors (Lipinski definition) is 3. The molecule has 2 heterocycles. The molecule has 0 aromatic carbocycles. The Kier molecular flexibility index (Phi) is 7.06. The molecule has 0 radical (unpaired) electrons. The number of pyridine rings is 1. The summed E-state index contributed by atoms with van der Waals surface area (Å²) in [6, 6.07) is 3.61. The molecule has 1 aromatic rings. The Hall–Kier alpha value is -2.28. The van der Waals surface area contributed by atoms with Gasteiger partial charge in [-0.25, -0.2) is 4.98 Å². The molecule has 1 amide bonds. The van der Waals surface area contributed by atoms with E-state index in [9.17, 15) is 4.79 Å². The van der Waals surface area contributed by atoms with Crippen molar-refractivity contribution in [1.29, 1.82) is 0 Å². The highest BCUT2D eigenvalue weighted by Gasteiger charge is 2.31. The predicted molar refractivity (Wildman–Crippen MR) is 100 cm³/mol. The molecule has 0 saturated carbocycles. The number of amidine groups is 1. The number of amides is 1. The zero-order chi connectivity index (χ0) is 18.2. The first kappa shape index (κ1) is 19.1. The third-order valence-electron chi connectivity index (χ3n) is 4.64. The van der Waals surface area contributed by atoms with Crippen LogP contribution in [-0.4, -0.2) is 47.1 Å². The average Bonchev–Trinajstić information content (AvgIpc) is 2.63. The van der Waals surface area contributed by atoms with E-state index in [1.54, 1.807) is 0 Å². The first-order valence-corrected chi connectivity index (χ1v) is 8.91. The van der Waals surface area contributed by atoms with Gasteiger partial charge in [0.05, 0.1) is 12.0 Å². The van der Waals surface area contributed by atoms with Gasteiger partial charge < -0.3 is 11.1 Å². The number of nitrogens with two attached hydrogens (primary N) is 2. The Labute approximate surface area is 149 Å². The van der Waals surface area contributed by atoms with Crippen molar-refractivity contribution in [2.24, 2.45) is 16.6 Å². The molecule has 25 heavy (non-hydrogen) atoms. The maximum atomic E-state index is 12.5. The molecule has 0 aliphatic carbocycles. The van der Waals surface area contributed by atoms with E-state index in [0.717, 1.165) is 32.2 Å². The predicted octanol–water partition coefficient (Wildman–Crippen LogP) is 0.218. The standard InChI is InChI=1S/C18H28N6O/c1-3-5-14-7-8-16(21-10-14)23-18(25)13(2)24-9-4-6-15(11-24)17(20)22-12-19/h7-8,10,12-13,15H,3-6,9,11H2,1-2H3,(H3,19,20,22)(H,21,23,25)/p+1/t13-,15?/m0/s1. The van der Waals surface area contributed by atoms with Gasteiger partial charge in [0.1, 0.15) is 5.82 Å². The Morgan fingerprint density at radius 2 is 2.40 bits per heavy atom. The van der Waals surface area contributed by atoms with Gasteiger partial charge in [0, 0.05) is 12.7 Å². The normalized spacial score (nSPS) is 19.7. The van der Waals surface area contributed by atoms with Crippen LogP contribution in [0.2, 0.25) is 0 Å². The number of piperidine rings is 1. The van der Waals surface area contributed by atoms with Crippen molar-refractivity contribution in [2.45, 2.75) is 45.6 Å². The fourth-order valence-electron chi connectivity index (χ4n) is 3.12. The smallest absolute Gasteiger partial charge is 0.295 e. The Morgan fingerprint density at radius 1 is 1.60 bits per heavy atom. The van der Waals surface area contributed by atoms with Crippen molar-refractivity contribution >= 4 is 23.9 Å². The third-order valence-corrected chi connectivity index (χ3v) is 4.64. The molecule has 1 saturated heterocycles. The molecule has 1 fully saturated rings. The summed E-state index contributed by atoms with van der Waals surface area (Å²) < 4.78 is 0. The number of hydrogen-bond donors (Lipinski definition) is 3. The molecule has 2 atom stereocenters. The van der Waals surface area contributed by atoms with Crippen LogP contribution < -0.4 is 16.5 Å². The van der Waals surface area contributed by atoms with Crippen LogP contribution in [0.5, 0.6) is 0 Å². The maximum absolute atomic E-state index is 12.5. The number of aryl methyl sites for hydroxylation is 1. The molecular formula is C18H29N6O+. The summed E-state index contributed by atoms with van der Waals surface area (Å²) in [6.45, 7) is 5.62. The van der Waals surface area contributed by atoms with Gasteiger partial charge in [-0.1, -0.05) is 19.4 Å². The van der Waals surface area contributed by atoms with Crippen molar-refractivity contribution in [2.75, 3.05) is 18.4 Å². The van der Waals surface area contributed by atoms with Gasteiger partial charge in [0.2, 0.25) is 12.2 Å². The Bertz CT molecular complexity index is 612. The molecule has 2 rings (SSSR count). The highest BCUT2D eigenvalue weighted by atomic mass is 16.2. The van der Waals surface area contributed by atoms with Crippen molar-refractivity contribution in [3.8, 4) is 0 Å². The molecule has 7 heteroatoms. The van der Waals surface area contributed by atoms with E-state index in [4.69, 9.17) is 11.1 Å². The molecule has 1 aromatic heterocycles. The zero-order valence-corrected chi connectivity index (χ0v) is 15.1. The van der Waals surface area contributed by atoms with E-state index in [0.29, 0.717) is 18.2 Å². The molecule has 0 spiro atoms. The summed E-state index contributed by atoms with van der Waals surface area (Å²) in [5, 5.41) is 8.86. The molecule has 1 aliphatic rings. The topological polar surface area (TPSA) is 109 Å². The quantitative estimate of drug-likeness (QED) is 0.506. The van der Waals surface area contributed by atoms with Crippen LogP contribution in [0, 0.1) is 5.92 Å². The number of nitrogens with zero attached hydrogens (tertiary/aromatic N) is 3. The number of aromatic nitrogens is 1. The van der Waals surface area contributed by atoms with Gasteiger partial charge in [-0.3, -0.25) is 15.1 Å². The average molecular weight is 345 g/mol. The second-order valence-electron chi connectivity index (χ2n) is 6.50. The first-order chi connectivity index (χ1) is 12.0. The number of carbonyl (C=O) groups is 1. The first-order valence-electron chi connectivity index (χ1n) is 8.91. The SMILES string of the molecule is CCCc1ccc(NC(=O)[C@H](C)N2CCCC(C(=[NH2+])N=CN)C2)nc1. The monoisotopic (exact) mass is 345 g/mol. The van der Waals surface area contributed by atoms with Gasteiger partial charge >= 0.3 is 0 Å². The van der Waals surface area contributed by atoms with E-state index in [1.165, 1.54) is 11.9 Å². The van der Waals surface area contributed by atoms with Crippen molar-refractivity contribution in [1.82, 2.24) is 9.88 Å². The molecule has 7 nitrogen and oxygen atoms in total. The number of likely N-dealkylation sites (tertiary alicyclic amines) is 1. The Morgan fingerprint density at radius 3 is 3.04 bits per heavy atom. The number of rotatable bonds is 6. The highest BCUT2D eigenvalue weighted by molar-refractivity contribution is 5.93. The van der Waals surface area contributed by atoms with Gasteiger partial charge in [-0.2, -0.15) is 0 Å². The molecule has 1 aliphatic heterocycles. The maximum Gasteiger partial charge on any atom is 0.295 e. The van der Waals surface area contributed by atoms with E-state index >= 15 is 0 Å². The molecule has 0 bridgehead atoms. The number of nitrogens with one attached hydrogen (secondary N) is 1. The minimum absolute atomic E-state index is 0.0581. The van der Waals surface area contributed by atoms with Crippen molar-refractivity contribution in [3.63, 3.8) is 0 Å². The summed E-state index contributed by atoms with van der Waals surface area (Å²) in [4.78, 5) is 23.0. The fourth-order valence-corrected chi connectivity index (χ4v) is 3.12. The zero-order valence-electron chi connectivity index (χ0n) is 15.1. The van der Waals surface area contributed by atoms with Gasteiger partial charge in [-0.15, -0.1) is 0 Å². The van der Waals surface area contributed by atoms with Crippen LogP contribution in [0.15, 0.2) is 23.3 Å². The van der Waals surface area contributed by atoms with E-state index in [1.807, 2.05) is 25.3 Å². The lowest BCUT2D eigenvalue weighted by molar-refractivity contribution is -0.126. The summed E-state index contributed by atoms with van der Waals surface area (Å²) >= 11 is 0. The largest absolute Gasteiger partial charge is 0.369 e. The van der Waals surface area contributed by atoms with Crippen LogP contribution >= 0.6 is 0 Å². The minimum atomic E-state index is -0.255. The lowest BCUT2D eigenvalue weighted by Crippen LogP contribution is -2.53. The minimum Gasteiger partial charge on any atom is -0.369 e. The van der Waals surface area contributed by atoms with Gasteiger partial charge in [0.15, 0.2) is 0 Å². The van der Waals surface area contributed by atoms with Crippen molar-refractivity contribution < 1.29 is 10.2 Å². The summed E-state index contributed by atoms with van der Waals surface area (Å²) in [6.07, 6.45) is 7.06. The Balaban J connectivity index is 1.93. The second-order valence-corrected chi connectivity index (χ2v) is 6.50. The molecular weight excluding hydrogens is 316 g/mol. The highest BCUT2D eigenvalue weighted by Crippen LogP contribution is 2.19.